The molecule has 2 aromatic carbocycles. The van der Waals surface area contributed by atoms with Crippen molar-refractivity contribution in [3.05, 3.63) is 84.3 Å². The summed E-state index contributed by atoms with van der Waals surface area (Å²) in [6.45, 7) is 3.73. The molecule has 0 saturated heterocycles. The van der Waals surface area contributed by atoms with Gasteiger partial charge in [0.25, 0.3) is 20.2 Å². The van der Waals surface area contributed by atoms with Gasteiger partial charge in [-0.15, -0.1) is 0 Å². The molecule has 0 saturated carbocycles. The topological polar surface area (TPSA) is 122 Å². The molecule has 0 aromatic heterocycles. The van der Waals surface area contributed by atoms with Gasteiger partial charge in [-0.05, 0) is 75.9 Å². The van der Waals surface area contributed by atoms with Crippen LogP contribution < -0.4 is 0 Å². The van der Waals surface area contributed by atoms with Gasteiger partial charge in [-0.3, -0.25) is 8.37 Å². The fourth-order valence-electron chi connectivity index (χ4n) is 2.63. The second kappa shape index (κ2) is 14.9. The van der Waals surface area contributed by atoms with Crippen LogP contribution in [-0.4, -0.2) is 30.0 Å². The smallest absolute Gasteiger partial charge is 0.266 e. The largest absolute Gasteiger partial charge is 0.804 e. The van der Waals surface area contributed by atoms with Crippen LogP contribution in [0.2, 0.25) is 0 Å². The van der Waals surface area contributed by atoms with Gasteiger partial charge in [-0.25, -0.2) is 9.05 Å². The average Bonchev–Trinajstić information content (AvgIpc) is 2.83. The highest BCUT2D eigenvalue weighted by atomic mass is 32.2. The molecule has 2 aromatic rings. The molecule has 2 rings (SSSR count). The molecule has 9 nitrogen and oxygen atoms in total. The highest BCUT2D eigenvalue weighted by Crippen LogP contribution is 2.24. The first-order chi connectivity index (χ1) is 17.1. The van der Waals surface area contributed by atoms with Crippen molar-refractivity contribution in [2.24, 2.45) is 0 Å². The third kappa shape index (κ3) is 11.0. The molecule has 36 heavy (non-hydrogen) atoms. The maximum atomic E-state index is 12.1. The fourth-order valence-corrected chi connectivity index (χ4v) is 4.94. The van der Waals surface area contributed by atoms with E-state index in [1.54, 1.807) is 36.4 Å². The summed E-state index contributed by atoms with van der Waals surface area (Å²) in [7, 11) is -9.99. The second-order valence-corrected chi connectivity index (χ2v) is 11.7. The van der Waals surface area contributed by atoms with Gasteiger partial charge < -0.3 is 0 Å². The molecule has 12 heteroatoms. The van der Waals surface area contributed by atoms with E-state index in [2.05, 4.69) is 0 Å². The lowest BCUT2D eigenvalue weighted by Gasteiger charge is -2.05. The fraction of sp³-hybridized carbons (Fsp3) is 0.333. The maximum Gasteiger partial charge on any atom is 0.804 e. The van der Waals surface area contributed by atoms with Gasteiger partial charge in [0, 0.05) is 4.57 Å². The predicted molar refractivity (Wildman–Crippen MR) is 135 cm³/mol. The number of benzene rings is 2. The molecule has 0 N–H and O–H groups in total. The van der Waals surface area contributed by atoms with E-state index in [-0.39, 0.29) is 23.0 Å². The molecule has 0 atom stereocenters. The summed E-state index contributed by atoms with van der Waals surface area (Å²) in [6, 6.07) is 12.8. The molecular weight excluding hydrogens is 527 g/mol. The van der Waals surface area contributed by atoms with Gasteiger partial charge in [-0.1, -0.05) is 35.4 Å². The third-order valence-electron chi connectivity index (χ3n) is 4.61. The first-order valence-electron chi connectivity index (χ1n) is 11.1. The number of aryl methyl sites for hydroxylation is 2. The highest BCUT2D eigenvalue weighted by Gasteiger charge is 2.17. The van der Waals surface area contributed by atoms with E-state index in [9.17, 15) is 21.4 Å². The van der Waals surface area contributed by atoms with Gasteiger partial charge in [0.15, 0.2) is 12.5 Å². The Kier molecular flexibility index (Phi) is 12.3. The molecule has 0 amide bonds. The van der Waals surface area contributed by atoms with E-state index in [0.717, 1.165) is 11.1 Å². The minimum absolute atomic E-state index is 0.00194. The van der Waals surface area contributed by atoms with Crippen LogP contribution in [0.25, 0.3) is 0 Å². The zero-order chi connectivity index (χ0) is 26.4. The van der Waals surface area contributed by atoms with Crippen LogP contribution in [0.1, 0.15) is 36.8 Å². The van der Waals surface area contributed by atoms with Crippen LogP contribution in [0.15, 0.2) is 83.0 Å². The Labute approximate surface area is 213 Å². The molecule has 0 aliphatic rings. The first-order valence-corrected chi connectivity index (χ1v) is 15.0. The van der Waals surface area contributed by atoms with E-state index >= 15 is 0 Å². The van der Waals surface area contributed by atoms with Crippen molar-refractivity contribution in [3.8, 4) is 0 Å². The lowest BCUT2D eigenvalue weighted by molar-refractivity contribution is 0.312. The van der Waals surface area contributed by atoms with Crippen LogP contribution in [0.3, 0.4) is 0 Å². The molecule has 0 radical (unpaired) electrons. The number of hydrogen-bond donors (Lipinski definition) is 0. The Morgan fingerprint density at radius 1 is 0.667 bits per heavy atom. The molecule has 0 fully saturated rings. The van der Waals surface area contributed by atoms with Crippen molar-refractivity contribution in [1.82, 2.24) is 0 Å². The molecule has 0 unspecified atom stereocenters. The van der Waals surface area contributed by atoms with Crippen molar-refractivity contribution in [2.75, 3.05) is 13.2 Å². The summed E-state index contributed by atoms with van der Waals surface area (Å²) < 4.78 is 79.6. The number of hydrogen-bond acceptors (Lipinski definition) is 9. The average molecular weight is 558 g/mol. The lowest BCUT2D eigenvalue weighted by Crippen LogP contribution is -2.07. The van der Waals surface area contributed by atoms with Crippen LogP contribution in [0.5, 0.6) is 0 Å². The normalized spacial score (nSPS) is 12.8. The van der Waals surface area contributed by atoms with Gasteiger partial charge in [0.1, 0.15) is 0 Å². The summed E-state index contributed by atoms with van der Waals surface area (Å²) in [5.41, 5.74) is 1.90. The number of allylic oxidation sites excluding steroid dienone is 2. The molecule has 0 spiro atoms. The van der Waals surface area contributed by atoms with Crippen molar-refractivity contribution in [3.63, 3.8) is 0 Å². The standard InChI is InChI=1S/C24H30O9PS2/c1-21-9-13-23(14-10-21)35(26,27)32-19-7-3-5-17-30-34(25)31-18-6-4-8-20-33-36(28,29)24-15-11-22(2)12-16-24/h5-6,9-18H,3-4,7-8,19-20H2,1-2H3/q+1. The zero-order valence-electron chi connectivity index (χ0n) is 20.1. The Morgan fingerprint density at radius 3 is 1.39 bits per heavy atom. The van der Waals surface area contributed by atoms with Crippen molar-refractivity contribution in [1.29, 1.82) is 0 Å². The predicted octanol–water partition coefficient (Wildman–Crippen LogP) is 5.69. The Hall–Kier alpha value is -2.56. The van der Waals surface area contributed by atoms with Gasteiger partial charge in [0.2, 0.25) is 0 Å². The SMILES string of the molecule is Cc1ccc(S(=O)(=O)OCCCC=CO[P+](=O)OC=CCCCOS(=O)(=O)c2ccc(C)cc2)cc1. The van der Waals surface area contributed by atoms with Crippen molar-refractivity contribution >= 4 is 28.5 Å². The highest BCUT2D eigenvalue weighted by molar-refractivity contribution is 7.87. The first kappa shape index (κ1) is 29.7. The second-order valence-electron chi connectivity index (χ2n) is 7.64. The summed E-state index contributed by atoms with van der Waals surface area (Å²) in [5.74, 6) is 0. The minimum atomic E-state index is -3.79. The third-order valence-corrected chi connectivity index (χ3v) is 7.85. The minimum Gasteiger partial charge on any atom is -0.266 e. The van der Waals surface area contributed by atoms with Crippen molar-refractivity contribution < 1.29 is 38.8 Å². The van der Waals surface area contributed by atoms with Crippen molar-refractivity contribution in [2.45, 2.75) is 49.3 Å². The lowest BCUT2D eigenvalue weighted by atomic mass is 10.2. The Balaban J connectivity index is 1.53. The summed E-state index contributed by atoms with van der Waals surface area (Å²) >= 11 is 0. The van der Waals surface area contributed by atoms with Crippen LogP contribution >= 0.6 is 8.25 Å². The van der Waals surface area contributed by atoms with E-state index in [1.165, 1.54) is 36.8 Å². The molecule has 0 bridgehead atoms. The molecule has 0 aliphatic carbocycles. The maximum absolute atomic E-state index is 12.1. The summed E-state index contributed by atoms with van der Waals surface area (Å²) in [4.78, 5) is 0.211. The molecule has 0 aliphatic heterocycles. The summed E-state index contributed by atoms with van der Waals surface area (Å²) in [6.07, 6.45) is 7.33. The Bertz CT molecular complexity index is 1140. The van der Waals surface area contributed by atoms with E-state index < -0.39 is 28.5 Å². The molecule has 0 heterocycles. The van der Waals surface area contributed by atoms with E-state index in [0.29, 0.717) is 25.7 Å². The molecular formula is C24H30O9PS2+. The monoisotopic (exact) mass is 557 g/mol. The van der Waals surface area contributed by atoms with Crippen LogP contribution in [0.4, 0.5) is 0 Å². The van der Waals surface area contributed by atoms with Gasteiger partial charge in [-0.2, -0.15) is 16.8 Å². The van der Waals surface area contributed by atoms with E-state index in [1.807, 2.05) is 13.8 Å². The van der Waals surface area contributed by atoms with E-state index in [4.69, 9.17) is 17.4 Å². The van der Waals surface area contributed by atoms with Crippen LogP contribution in [0, 0.1) is 13.8 Å². The van der Waals surface area contributed by atoms with Gasteiger partial charge in [0.05, 0.1) is 23.0 Å². The van der Waals surface area contributed by atoms with Crippen LogP contribution in [-0.2, 0) is 42.2 Å². The Morgan fingerprint density at radius 2 is 1.03 bits per heavy atom. The number of unbranched alkanes of at least 4 members (excludes halogenated alkanes) is 2. The zero-order valence-corrected chi connectivity index (χ0v) is 22.6. The number of rotatable bonds is 16. The van der Waals surface area contributed by atoms with Gasteiger partial charge >= 0.3 is 8.25 Å². The quantitative estimate of drug-likeness (QED) is 0.111. The molecule has 196 valence electrons. The summed E-state index contributed by atoms with van der Waals surface area (Å²) in [5, 5.41) is 0.